The van der Waals surface area contributed by atoms with E-state index in [9.17, 15) is 15.0 Å². The van der Waals surface area contributed by atoms with Crippen LogP contribution in [0.2, 0.25) is 0 Å². The third-order valence-corrected chi connectivity index (χ3v) is 6.07. The van der Waals surface area contributed by atoms with Crippen LogP contribution in [-0.4, -0.2) is 39.2 Å². The van der Waals surface area contributed by atoms with Crippen molar-refractivity contribution in [3.63, 3.8) is 0 Å². The van der Waals surface area contributed by atoms with Gasteiger partial charge in [0.1, 0.15) is 17.2 Å². The Morgan fingerprint density at radius 3 is 2.82 bits per heavy atom. The highest BCUT2D eigenvalue weighted by atomic mass is 35.5. The molecular weight excluding hydrogens is 396 g/mol. The fraction of sp³-hybridized carbons (Fsp3) is 0.333. The number of carbonyl (C=O) groups is 1. The first kappa shape index (κ1) is 20.7. The van der Waals surface area contributed by atoms with E-state index in [-0.39, 0.29) is 29.7 Å². The van der Waals surface area contributed by atoms with E-state index in [0.29, 0.717) is 24.3 Å². The zero-order chi connectivity index (χ0) is 20.1. The van der Waals surface area contributed by atoms with Crippen LogP contribution < -0.4 is 5.32 Å². The molecule has 1 aromatic rings. The Kier molecular flexibility index (Phi) is 6.99. The first-order chi connectivity index (χ1) is 13.5. The largest absolute Gasteiger partial charge is 0.508 e. The minimum Gasteiger partial charge on any atom is -0.508 e. The van der Waals surface area contributed by atoms with Crippen LogP contribution in [0.1, 0.15) is 30.9 Å². The van der Waals surface area contributed by atoms with Crippen LogP contribution in [0.25, 0.3) is 5.57 Å². The number of nitrogens with one attached hydrogen (secondary N) is 1. The maximum Gasteiger partial charge on any atom is 0.221 e. The number of benzene rings is 1. The Morgan fingerprint density at radius 1 is 1.36 bits per heavy atom. The lowest BCUT2D eigenvalue weighted by Gasteiger charge is -2.16. The number of aliphatic hydroxyl groups excluding tert-OH is 2. The second kappa shape index (κ2) is 9.45. The van der Waals surface area contributed by atoms with Gasteiger partial charge in [-0.3, -0.25) is 9.79 Å². The number of hydrogen-bond donors (Lipinski definition) is 3. The molecule has 0 radical (unpaired) electrons. The summed E-state index contributed by atoms with van der Waals surface area (Å²) < 4.78 is 0. The molecule has 2 atom stereocenters. The molecule has 0 spiro atoms. The number of aryl methyl sites for hydroxylation is 1. The Hall–Kier alpha value is -2.02. The average Bonchev–Trinajstić information content (AvgIpc) is 2.93. The number of hydrogen-bond acceptors (Lipinski definition) is 5. The summed E-state index contributed by atoms with van der Waals surface area (Å²) in [6.45, 7) is 1.81. The van der Waals surface area contributed by atoms with Crippen molar-refractivity contribution in [1.82, 2.24) is 5.32 Å². The average molecular weight is 419 g/mol. The minimum atomic E-state index is -0.270. The Labute approximate surface area is 173 Å². The summed E-state index contributed by atoms with van der Waals surface area (Å²) in [6, 6.07) is 7.69. The quantitative estimate of drug-likeness (QED) is 0.653. The molecule has 1 amide bonds. The van der Waals surface area contributed by atoms with Crippen LogP contribution in [0.5, 0.6) is 0 Å². The molecule has 148 valence electrons. The molecule has 28 heavy (non-hydrogen) atoms. The zero-order valence-corrected chi connectivity index (χ0v) is 17.1. The van der Waals surface area contributed by atoms with Crippen LogP contribution in [0, 0.1) is 0 Å². The van der Waals surface area contributed by atoms with Crippen molar-refractivity contribution in [3.05, 3.63) is 64.4 Å². The number of aliphatic imine (C=N–C) groups is 1. The smallest absolute Gasteiger partial charge is 0.221 e. The summed E-state index contributed by atoms with van der Waals surface area (Å²) >= 11 is 7.78. The lowest BCUT2D eigenvalue weighted by molar-refractivity contribution is -0.121. The summed E-state index contributed by atoms with van der Waals surface area (Å²) in [5.41, 5.74) is 3.01. The number of halogens is 1. The van der Waals surface area contributed by atoms with Gasteiger partial charge < -0.3 is 15.5 Å². The number of aliphatic hydroxyl groups is 2. The van der Waals surface area contributed by atoms with Gasteiger partial charge in [-0.05, 0) is 48.6 Å². The number of amides is 1. The fourth-order valence-corrected chi connectivity index (χ4v) is 4.49. The van der Waals surface area contributed by atoms with Gasteiger partial charge in [0.25, 0.3) is 0 Å². The van der Waals surface area contributed by atoms with Gasteiger partial charge in [0.15, 0.2) is 0 Å². The predicted octanol–water partition coefficient (Wildman–Crippen LogP) is 3.94. The second-order valence-corrected chi connectivity index (χ2v) is 8.44. The Balaban J connectivity index is 1.56. The van der Waals surface area contributed by atoms with Gasteiger partial charge in [0, 0.05) is 11.5 Å². The topological polar surface area (TPSA) is 81.9 Å². The molecule has 7 heteroatoms. The van der Waals surface area contributed by atoms with Crippen LogP contribution >= 0.6 is 23.4 Å². The van der Waals surface area contributed by atoms with Crippen LogP contribution in [0.4, 0.5) is 0 Å². The van der Waals surface area contributed by atoms with Crippen LogP contribution in [-0.2, 0) is 11.2 Å². The molecule has 0 saturated heterocycles. The predicted molar refractivity (Wildman–Crippen MR) is 116 cm³/mol. The van der Waals surface area contributed by atoms with Gasteiger partial charge in [-0.2, -0.15) is 0 Å². The minimum absolute atomic E-state index is 0.0507. The third-order valence-electron chi connectivity index (χ3n) is 4.60. The van der Waals surface area contributed by atoms with E-state index in [1.165, 1.54) is 11.8 Å². The molecule has 3 N–H and O–H groups in total. The highest BCUT2D eigenvalue weighted by molar-refractivity contribution is 8.14. The van der Waals surface area contributed by atoms with Crippen molar-refractivity contribution >= 4 is 39.9 Å². The molecule has 2 aliphatic rings. The van der Waals surface area contributed by atoms with E-state index in [2.05, 4.69) is 10.3 Å². The monoisotopic (exact) mass is 418 g/mol. The van der Waals surface area contributed by atoms with Crippen molar-refractivity contribution in [2.45, 2.75) is 37.6 Å². The number of nitrogens with zero attached hydrogens (tertiary/aromatic N) is 1. The van der Waals surface area contributed by atoms with E-state index in [0.717, 1.165) is 21.7 Å². The molecule has 0 aromatic heterocycles. The molecule has 0 bridgehead atoms. The standard InChI is InChI=1S/C21H23ClN2O3S/c1-13-23-19(12-25)21(28-13)24-20(27)10-7-14-5-8-15(9-6-14)17-4-2-3-16(26)11-18(17)22/h2-3,5-6,8-9,11,19,21,25-26H,4,7,10,12H2,1H3,(H,24,27). The summed E-state index contributed by atoms with van der Waals surface area (Å²) in [6.07, 6.45) is 6.70. The molecule has 1 aliphatic heterocycles. The molecule has 2 unspecified atom stereocenters. The first-order valence-corrected chi connectivity index (χ1v) is 10.4. The number of carbonyl (C=O) groups excluding carboxylic acids is 1. The molecule has 3 rings (SSSR count). The van der Waals surface area contributed by atoms with Crippen molar-refractivity contribution in [1.29, 1.82) is 0 Å². The van der Waals surface area contributed by atoms with Crippen LogP contribution in [0.15, 0.2) is 58.3 Å². The molecule has 0 saturated carbocycles. The highest BCUT2D eigenvalue weighted by Gasteiger charge is 2.28. The number of rotatable bonds is 6. The van der Waals surface area contributed by atoms with Gasteiger partial charge in [-0.15, -0.1) is 0 Å². The van der Waals surface area contributed by atoms with E-state index in [1.54, 1.807) is 12.2 Å². The Morgan fingerprint density at radius 2 is 2.11 bits per heavy atom. The SMILES string of the molecule is CC1=NC(CO)C(NC(=O)CCc2ccc(C3=C(Cl)C=C(O)C=CC3)cc2)S1. The van der Waals surface area contributed by atoms with Crippen LogP contribution in [0.3, 0.4) is 0 Å². The first-order valence-electron chi connectivity index (χ1n) is 9.12. The van der Waals surface area contributed by atoms with E-state index < -0.39 is 0 Å². The van der Waals surface area contributed by atoms with Gasteiger partial charge in [-0.1, -0.05) is 53.7 Å². The van der Waals surface area contributed by atoms with Crippen molar-refractivity contribution in [2.75, 3.05) is 6.61 Å². The van der Waals surface area contributed by atoms with Gasteiger partial charge in [-0.25, -0.2) is 0 Å². The Bertz CT molecular complexity index is 859. The van der Waals surface area contributed by atoms with E-state index >= 15 is 0 Å². The maximum absolute atomic E-state index is 12.2. The number of thioether (sulfide) groups is 1. The van der Waals surface area contributed by atoms with Crippen molar-refractivity contribution in [2.24, 2.45) is 4.99 Å². The molecule has 0 fully saturated rings. The van der Waals surface area contributed by atoms with E-state index in [1.807, 2.05) is 37.3 Å². The molecule has 1 aromatic carbocycles. The molecule has 1 heterocycles. The molecule has 5 nitrogen and oxygen atoms in total. The van der Waals surface area contributed by atoms with Crippen molar-refractivity contribution < 1.29 is 15.0 Å². The van der Waals surface area contributed by atoms with Gasteiger partial charge in [0.2, 0.25) is 5.91 Å². The maximum atomic E-state index is 12.2. The fourth-order valence-electron chi connectivity index (χ4n) is 3.13. The lowest BCUT2D eigenvalue weighted by Crippen LogP contribution is -2.39. The lowest BCUT2D eigenvalue weighted by atomic mass is 9.99. The van der Waals surface area contributed by atoms with Gasteiger partial charge >= 0.3 is 0 Å². The van der Waals surface area contributed by atoms with Gasteiger partial charge in [0.05, 0.1) is 11.7 Å². The normalized spacial score (nSPS) is 22.0. The zero-order valence-electron chi connectivity index (χ0n) is 15.6. The summed E-state index contributed by atoms with van der Waals surface area (Å²) in [5.74, 6) is 0.0947. The summed E-state index contributed by atoms with van der Waals surface area (Å²) in [7, 11) is 0. The summed E-state index contributed by atoms with van der Waals surface area (Å²) in [5, 5.41) is 23.1. The molecular formula is C21H23ClN2O3S. The highest BCUT2D eigenvalue weighted by Crippen LogP contribution is 2.29. The molecule has 1 aliphatic carbocycles. The van der Waals surface area contributed by atoms with Crippen molar-refractivity contribution in [3.8, 4) is 0 Å². The summed E-state index contributed by atoms with van der Waals surface area (Å²) in [4.78, 5) is 16.6. The second-order valence-electron chi connectivity index (χ2n) is 6.70. The third kappa shape index (κ3) is 5.28. The van der Waals surface area contributed by atoms with E-state index in [4.69, 9.17) is 11.6 Å². The number of allylic oxidation sites excluding steroid dienone is 5.